The minimum absolute atomic E-state index is 0.0298. The second-order valence-corrected chi connectivity index (χ2v) is 7.96. The summed E-state index contributed by atoms with van der Waals surface area (Å²) < 4.78 is 33.2. The maximum Gasteiger partial charge on any atom is 0.261 e. The number of benzene rings is 2. The molecule has 7 nitrogen and oxygen atoms in total. The van der Waals surface area contributed by atoms with Crippen molar-refractivity contribution in [3.05, 3.63) is 83.7 Å². The Labute approximate surface area is 169 Å². The molecule has 1 aromatic heterocycles. The monoisotopic (exact) mass is 411 g/mol. The van der Waals surface area contributed by atoms with Crippen LogP contribution < -0.4 is 14.8 Å². The summed E-state index contributed by atoms with van der Waals surface area (Å²) in [5.74, 6) is -0.136. The lowest BCUT2D eigenvalue weighted by Gasteiger charge is -2.12. The highest BCUT2D eigenvalue weighted by Crippen LogP contribution is 2.24. The van der Waals surface area contributed by atoms with Crippen LogP contribution in [0.15, 0.2) is 71.9 Å². The van der Waals surface area contributed by atoms with Crippen LogP contribution in [0.2, 0.25) is 0 Å². The van der Waals surface area contributed by atoms with Crippen LogP contribution in [-0.2, 0) is 16.4 Å². The maximum atomic E-state index is 12.7. The molecule has 3 aromatic rings. The lowest BCUT2D eigenvalue weighted by Crippen LogP contribution is -2.20. The van der Waals surface area contributed by atoms with E-state index in [2.05, 4.69) is 15.0 Å². The minimum atomic E-state index is -3.87. The number of aromatic nitrogens is 1. The lowest BCUT2D eigenvalue weighted by molar-refractivity contribution is 0.0960. The zero-order valence-electron chi connectivity index (χ0n) is 16.0. The van der Waals surface area contributed by atoms with E-state index in [-0.39, 0.29) is 10.5 Å². The molecule has 3 rings (SSSR count). The van der Waals surface area contributed by atoms with Gasteiger partial charge in [-0.2, -0.15) is 0 Å². The molecule has 2 N–H and O–H groups in total. The molecule has 0 aliphatic rings. The smallest absolute Gasteiger partial charge is 0.261 e. The summed E-state index contributed by atoms with van der Waals surface area (Å²) in [4.78, 5) is 16.0. The van der Waals surface area contributed by atoms with Crippen molar-refractivity contribution in [1.29, 1.82) is 0 Å². The van der Waals surface area contributed by atoms with E-state index in [1.807, 2.05) is 24.3 Å². The predicted molar refractivity (Wildman–Crippen MR) is 111 cm³/mol. The number of methoxy groups -OCH3 is 1. The number of nitrogens with zero attached hydrogens (tertiary/aromatic N) is 1. The number of rotatable bonds is 7. The third-order valence-electron chi connectivity index (χ3n) is 4.32. The first-order valence-corrected chi connectivity index (χ1v) is 10.3. The van der Waals surface area contributed by atoms with Gasteiger partial charge in [-0.3, -0.25) is 14.5 Å². The molecule has 29 heavy (non-hydrogen) atoms. The van der Waals surface area contributed by atoms with Crippen LogP contribution in [-0.4, -0.2) is 33.5 Å². The summed E-state index contributed by atoms with van der Waals surface area (Å²) in [6.07, 6.45) is 4.20. The Morgan fingerprint density at radius 3 is 2.28 bits per heavy atom. The fourth-order valence-corrected chi connectivity index (χ4v) is 3.89. The standard InChI is InChI=1S/C21H21N3O4S/c1-22-21(25)19-14-18(7-8-20(19)28-2)29(26,27)24-17-5-3-15(4-6-17)13-16-9-11-23-12-10-16/h3-12,14,24H,13H2,1-2H3,(H,22,25). The first-order chi connectivity index (χ1) is 13.9. The minimum Gasteiger partial charge on any atom is -0.496 e. The summed E-state index contributed by atoms with van der Waals surface area (Å²) in [7, 11) is -0.983. The second kappa shape index (κ2) is 8.74. The largest absolute Gasteiger partial charge is 0.496 e. The number of sulfonamides is 1. The Bertz CT molecular complexity index is 1100. The van der Waals surface area contributed by atoms with Gasteiger partial charge in [0.25, 0.3) is 15.9 Å². The fourth-order valence-electron chi connectivity index (χ4n) is 2.81. The van der Waals surface area contributed by atoms with Gasteiger partial charge in [-0.1, -0.05) is 12.1 Å². The SMILES string of the molecule is CNC(=O)c1cc(S(=O)(=O)Nc2ccc(Cc3ccncc3)cc2)ccc1OC. The van der Waals surface area contributed by atoms with Gasteiger partial charge in [-0.05, 0) is 60.0 Å². The van der Waals surface area contributed by atoms with Gasteiger partial charge in [-0.15, -0.1) is 0 Å². The summed E-state index contributed by atoms with van der Waals surface area (Å²) in [5.41, 5.74) is 2.74. The molecule has 0 spiro atoms. The summed E-state index contributed by atoms with van der Waals surface area (Å²) in [6.45, 7) is 0. The predicted octanol–water partition coefficient (Wildman–Crippen LogP) is 2.84. The summed E-state index contributed by atoms with van der Waals surface area (Å²) >= 11 is 0. The number of carbonyl (C=O) groups excluding carboxylic acids is 1. The van der Waals surface area contributed by atoms with E-state index in [1.54, 1.807) is 24.5 Å². The summed E-state index contributed by atoms with van der Waals surface area (Å²) in [6, 6.07) is 15.1. The Balaban J connectivity index is 1.79. The first-order valence-electron chi connectivity index (χ1n) is 8.84. The van der Waals surface area contributed by atoms with Gasteiger partial charge in [0.2, 0.25) is 0 Å². The van der Waals surface area contributed by atoms with E-state index in [1.165, 1.54) is 32.4 Å². The number of ether oxygens (including phenoxy) is 1. The highest BCUT2D eigenvalue weighted by molar-refractivity contribution is 7.92. The molecule has 1 amide bonds. The topological polar surface area (TPSA) is 97.4 Å². The van der Waals surface area contributed by atoms with Gasteiger partial charge in [0.1, 0.15) is 5.75 Å². The molecule has 0 aliphatic heterocycles. The van der Waals surface area contributed by atoms with E-state index in [0.29, 0.717) is 11.4 Å². The zero-order chi connectivity index (χ0) is 20.9. The Morgan fingerprint density at radius 1 is 1.00 bits per heavy atom. The molecule has 0 saturated carbocycles. The molecule has 0 radical (unpaired) electrons. The van der Waals surface area contributed by atoms with E-state index >= 15 is 0 Å². The van der Waals surface area contributed by atoms with Crippen LogP contribution in [0.5, 0.6) is 5.75 Å². The first kappa shape index (κ1) is 20.3. The average molecular weight is 411 g/mol. The molecule has 2 aromatic carbocycles. The van der Waals surface area contributed by atoms with Crippen LogP contribution in [0.3, 0.4) is 0 Å². The quantitative estimate of drug-likeness (QED) is 0.623. The molecular weight excluding hydrogens is 390 g/mol. The van der Waals surface area contributed by atoms with Crippen LogP contribution >= 0.6 is 0 Å². The Kier molecular flexibility index (Phi) is 6.13. The van der Waals surface area contributed by atoms with Crippen molar-refractivity contribution in [1.82, 2.24) is 10.3 Å². The fraction of sp³-hybridized carbons (Fsp3) is 0.143. The molecular formula is C21H21N3O4S. The van der Waals surface area contributed by atoms with Gasteiger partial charge >= 0.3 is 0 Å². The number of hydrogen-bond acceptors (Lipinski definition) is 5. The number of carbonyl (C=O) groups is 1. The van der Waals surface area contributed by atoms with Crippen LogP contribution in [0, 0.1) is 0 Å². The number of hydrogen-bond donors (Lipinski definition) is 2. The molecule has 0 aliphatic carbocycles. The van der Waals surface area contributed by atoms with E-state index < -0.39 is 15.9 Å². The number of anilines is 1. The van der Waals surface area contributed by atoms with Gasteiger partial charge < -0.3 is 10.1 Å². The Morgan fingerprint density at radius 2 is 1.66 bits per heavy atom. The summed E-state index contributed by atoms with van der Waals surface area (Å²) in [5, 5.41) is 2.47. The van der Waals surface area contributed by atoms with Crippen LogP contribution in [0.4, 0.5) is 5.69 Å². The van der Waals surface area contributed by atoms with E-state index in [0.717, 1.165) is 17.5 Å². The van der Waals surface area contributed by atoms with Crippen molar-refractivity contribution in [2.24, 2.45) is 0 Å². The average Bonchev–Trinajstić information content (AvgIpc) is 2.74. The van der Waals surface area contributed by atoms with Crippen LogP contribution in [0.25, 0.3) is 0 Å². The molecule has 1 heterocycles. The molecule has 0 bridgehead atoms. The number of amides is 1. The normalized spacial score (nSPS) is 11.0. The van der Waals surface area contributed by atoms with Crippen molar-refractivity contribution in [2.45, 2.75) is 11.3 Å². The molecule has 0 atom stereocenters. The Hall–Kier alpha value is -3.39. The van der Waals surface area contributed by atoms with Crippen molar-refractivity contribution in [3.8, 4) is 5.75 Å². The van der Waals surface area contributed by atoms with Crippen molar-refractivity contribution < 1.29 is 17.9 Å². The van der Waals surface area contributed by atoms with E-state index in [9.17, 15) is 13.2 Å². The molecule has 0 saturated heterocycles. The highest BCUT2D eigenvalue weighted by Gasteiger charge is 2.19. The van der Waals surface area contributed by atoms with Crippen molar-refractivity contribution in [2.75, 3.05) is 18.9 Å². The number of nitrogens with one attached hydrogen (secondary N) is 2. The van der Waals surface area contributed by atoms with E-state index in [4.69, 9.17) is 4.74 Å². The van der Waals surface area contributed by atoms with Crippen molar-refractivity contribution >= 4 is 21.6 Å². The number of pyridine rings is 1. The third kappa shape index (κ3) is 4.91. The molecule has 150 valence electrons. The third-order valence-corrected chi connectivity index (χ3v) is 5.70. The maximum absolute atomic E-state index is 12.7. The molecule has 8 heteroatoms. The molecule has 0 fully saturated rings. The van der Waals surface area contributed by atoms with Gasteiger partial charge in [0, 0.05) is 25.1 Å². The van der Waals surface area contributed by atoms with Crippen LogP contribution in [0.1, 0.15) is 21.5 Å². The highest BCUT2D eigenvalue weighted by atomic mass is 32.2. The van der Waals surface area contributed by atoms with Gasteiger partial charge in [0.05, 0.1) is 17.6 Å². The van der Waals surface area contributed by atoms with Gasteiger partial charge in [-0.25, -0.2) is 8.42 Å². The van der Waals surface area contributed by atoms with Gasteiger partial charge in [0.15, 0.2) is 0 Å². The van der Waals surface area contributed by atoms with Crippen molar-refractivity contribution in [3.63, 3.8) is 0 Å². The molecule has 0 unspecified atom stereocenters. The zero-order valence-corrected chi connectivity index (χ0v) is 16.9. The lowest BCUT2D eigenvalue weighted by atomic mass is 10.1. The second-order valence-electron chi connectivity index (χ2n) is 6.28.